The average Bonchev–Trinajstić information content (AvgIpc) is 2.24. The smallest absolute Gasteiger partial charge is 0.0645 e. The molecule has 1 heterocycles. The van der Waals surface area contributed by atoms with Crippen molar-refractivity contribution in [3.63, 3.8) is 0 Å². The van der Waals surface area contributed by atoms with Gasteiger partial charge in [0.05, 0.1) is 6.61 Å². The van der Waals surface area contributed by atoms with Gasteiger partial charge in [-0.1, -0.05) is 32.6 Å². The summed E-state index contributed by atoms with van der Waals surface area (Å²) >= 11 is 0. The molecule has 2 heteroatoms. The van der Waals surface area contributed by atoms with Gasteiger partial charge in [-0.25, -0.2) is 0 Å². The SMILES string of the molecule is CCCCCCCNC1(C)CCCOC1. The van der Waals surface area contributed by atoms with Crippen molar-refractivity contribution < 1.29 is 4.74 Å². The first-order valence-corrected chi connectivity index (χ1v) is 6.60. The van der Waals surface area contributed by atoms with Gasteiger partial charge in [0.1, 0.15) is 0 Å². The monoisotopic (exact) mass is 213 g/mol. The lowest BCUT2D eigenvalue weighted by molar-refractivity contribution is 0.0286. The van der Waals surface area contributed by atoms with E-state index >= 15 is 0 Å². The molecule has 90 valence electrons. The Labute approximate surface area is 94.8 Å². The van der Waals surface area contributed by atoms with Crippen LogP contribution in [0.15, 0.2) is 0 Å². The zero-order chi connectivity index (χ0) is 11.0. The molecular formula is C13H27NO. The van der Waals surface area contributed by atoms with Gasteiger partial charge in [-0.05, 0) is 32.7 Å². The Morgan fingerprint density at radius 2 is 2.00 bits per heavy atom. The van der Waals surface area contributed by atoms with Crippen LogP contribution < -0.4 is 5.32 Å². The molecular weight excluding hydrogens is 186 g/mol. The quantitative estimate of drug-likeness (QED) is 0.656. The third-order valence-corrected chi connectivity index (χ3v) is 3.27. The van der Waals surface area contributed by atoms with Crippen molar-refractivity contribution in [3.05, 3.63) is 0 Å². The fourth-order valence-electron chi connectivity index (χ4n) is 2.19. The van der Waals surface area contributed by atoms with E-state index in [9.17, 15) is 0 Å². The van der Waals surface area contributed by atoms with Gasteiger partial charge in [0.15, 0.2) is 0 Å². The van der Waals surface area contributed by atoms with Crippen LogP contribution in [0, 0.1) is 0 Å². The maximum atomic E-state index is 5.52. The predicted octanol–water partition coefficient (Wildman–Crippen LogP) is 3.12. The molecule has 1 saturated heterocycles. The van der Waals surface area contributed by atoms with E-state index in [2.05, 4.69) is 19.2 Å². The van der Waals surface area contributed by atoms with Gasteiger partial charge in [0, 0.05) is 12.1 Å². The average molecular weight is 213 g/mol. The number of nitrogens with one attached hydrogen (secondary N) is 1. The summed E-state index contributed by atoms with van der Waals surface area (Å²) in [7, 11) is 0. The Morgan fingerprint density at radius 1 is 1.20 bits per heavy atom. The molecule has 2 nitrogen and oxygen atoms in total. The fraction of sp³-hybridized carbons (Fsp3) is 1.00. The van der Waals surface area contributed by atoms with Crippen molar-refractivity contribution in [2.45, 2.75) is 64.3 Å². The zero-order valence-electron chi connectivity index (χ0n) is 10.5. The molecule has 0 aromatic rings. The number of ether oxygens (including phenoxy) is 1. The van der Waals surface area contributed by atoms with Crippen molar-refractivity contribution >= 4 is 0 Å². The van der Waals surface area contributed by atoms with Gasteiger partial charge in [-0.3, -0.25) is 0 Å². The van der Waals surface area contributed by atoms with Crippen LogP contribution in [0.25, 0.3) is 0 Å². The summed E-state index contributed by atoms with van der Waals surface area (Å²) in [6, 6.07) is 0. The molecule has 0 aromatic heterocycles. The van der Waals surface area contributed by atoms with E-state index in [1.165, 1.54) is 44.9 Å². The van der Waals surface area contributed by atoms with Crippen molar-refractivity contribution in [3.8, 4) is 0 Å². The van der Waals surface area contributed by atoms with Crippen molar-refractivity contribution in [2.24, 2.45) is 0 Å². The van der Waals surface area contributed by atoms with Crippen molar-refractivity contribution in [1.29, 1.82) is 0 Å². The molecule has 15 heavy (non-hydrogen) atoms. The fourth-order valence-corrected chi connectivity index (χ4v) is 2.19. The van der Waals surface area contributed by atoms with Crippen LogP contribution in [0.5, 0.6) is 0 Å². The Kier molecular flexibility index (Phi) is 6.26. The van der Waals surface area contributed by atoms with Gasteiger partial charge in [-0.2, -0.15) is 0 Å². The zero-order valence-corrected chi connectivity index (χ0v) is 10.5. The molecule has 0 aromatic carbocycles. The van der Waals surface area contributed by atoms with Gasteiger partial charge < -0.3 is 10.1 Å². The minimum absolute atomic E-state index is 0.253. The second-order valence-electron chi connectivity index (χ2n) is 5.06. The van der Waals surface area contributed by atoms with Crippen LogP contribution in [0.2, 0.25) is 0 Å². The number of unbranched alkanes of at least 4 members (excludes halogenated alkanes) is 4. The summed E-state index contributed by atoms with van der Waals surface area (Å²) in [5.41, 5.74) is 0.253. The summed E-state index contributed by atoms with van der Waals surface area (Å²) in [5.74, 6) is 0. The second-order valence-corrected chi connectivity index (χ2v) is 5.06. The molecule has 0 spiro atoms. The van der Waals surface area contributed by atoms with Crippen molar-refractivity contribution in [1.82, 2.24) is 5.32 Å². The largest absolute Gasteiger partial charge is 0.380 e. The van der Waals surface area contributed by atoms with Crippen LogP contribution in [-0.4, -0.2) is 25.3 Å². The summed E-state index contributed by atoms with van der Waals surface area (Å²) in [6.07, 6.45) is 9.28. The topological polar surface area (TPSA) is 21.3 Å². The first-order valence-electron chi connectivity index (χ1n) is 6.60. The minimum atomic E-state index is 0.253. The van der Waals surface area contributed by atoms with Gasteiger partial charge >= 0.3 is 0 Å². The summed E-state index contributed by atoms with van der Waals surface area (Å²) in [6.45, 7) is 7.55. The molecule has 1 atom stereocenters. The first-order chi connectivity index (χ1) is 7.27. The number of hydrogen-bond acceptors (Lipinski definition) is 2. The Balaban J connectivity index is 1.98. The lowest BCUT2D eigenvalue weighted by atomic mass is 9.95. The highest BCUT2D eigenvalue weighted by Crippen LogP contribution is 2.18. The molecule has 0 radical (unpaired) electrons. The van der Waals surface area contributed by atoms with Gasteiger partial charge in [-0.15, -0.1) is 0 Å². The lowest BCUT2D eigenvalue weighted by Crippen LogP contribution is -2.49. The third kappa shape index (κ3) is 5.53. The van der Waals surface area contributed by atoms with E-state index in [0.717, 1.165) is 19.8 Å². The van der Waals surface area contributed by atoms with E-state index in [0.29, 0.717) is 0 Å². The van der Waals surface area contributed by atoms with E-state index in [1.807, 2.05) is 0 Å². The van der Waals surface area contributed by atoms with E-state index in [1.54, 1.807) is 0 Å². The third-order valence-electron chi connectivity index (χ3n) is 3.27. The summed E-state index contributed by atoms with van der Waals surface area (Å²) < 4.78 is 5.52. The molecule has 1 aliphatic rings. The van der Waals surface area contributed by atoms with E-state index in [-0.39, 0.29) is 5.54 Å². The maximum absolute atomic E-state index is 5.52. The van der Waals surface area contributed by atoms with Crippen molar-refractivity contribution in [2.75, 3.05) is 19.8 Å². The molecule has 1 fully saturated rings. The van der Waals surface area contributed by atoms with Crippen LogP contribution in [-0.2, 0) is 4.74 Å². The second kappa shape index (κ2) is 7.24. The summed E-state index contributed by atoms with van der Waals surface area (Å²) in [4.78, 5) is 0. The first kappa shape index (κ1) is 13.0. The highest BCUT2D eigenvalue weighted by Gasteiger charge is 2.26. The summed E-state index contributed by atoms with van der Waals surface area (Å²) in [5, 5.41) is 3.65. The van der Waals surface area contributed by atoms with E-state index < -0.39 is 0 Å². The van der Waals surface area contributed by atoms with E-state index in [4.69, 9.17) is 4.74 Å². The van der Waals surface area contributed by atoms with Crippen LogP contribution >= 0.6 is 0 Å². The Morgan fingerprint density at radius 3 is 2.67 bits per heavy atom. The van der Waals surface area contributed by atoms with Gasteiger partial charge in [0.2, 0.25) is 0 Å². The number of rotatable bonds is 7. The minimum Gasteiger partial charge on any atom is -0.380 e. The van der Waals surface area contributed by atoms with Crippen LogP contribution in [0.4, 0.5) is 0 Å². The molecule has 1 rings (SSSR count). The molecule has 1 unspecified atom stereocenters. The van der Waals surface area contributed by atoms with Crippen LogP contribution in [0.1, 0.15) is 58.8 Å². The Hall–Kier alpha value is -0.0800. The number of hydrogen-bond donors (Lipinski definition) is 1. The highest BCUT2D eigenvalue weighted by atomic mass is 16.5. The molecule has 0 amide bonds. The maximum Gasteiger partial charge on any atom is 0.0645 e. The van der Waals surface area contributed by atoms with Gasteiger partial charge in [0.25, 0.3) is 0 Å². The molecule has 0 bridgehead atoms. The lowest BCUT2D eigenvalue weighted by Gasteiger charge is -2.34. The standard InChI is InChI=1S/C13H27NO/c1-3-4-5-6-7-10-14-13(2)9-8-11-15-12-13/h14H,3-12H2,1-2H3. The highest BCUT2D eigenvalue weighted by molar-refractivity contribution is 4.84. The molecule has 0 aliphatic carbocycles. The normalized spacial score (nSPS) is 26.8. The Bertz CT molecular complexity index is 153. The molecule has 1 N–H and O–H groups in total. The van der Waals surface area contributed by atoms with Crippen LogP contribution in [0.3, 0.4) is 0 Å². The molecule has 1 aliphatic heterocycles. The predicted molar refractivity (Wildman–Crippen MR) is 65.2 cm³/mol. The molecule has 0 saturated carbocycles.